The van der Waals surface area contributed by atoms with E-state index in [9.17, 15) is 13.0 Å². The molecule has 2 rings (SSSR count). The van der Waals surface area contributed by atoms with Crippen molar-refractivity contribution >= 4 is 10.1 Å². The smallest absolute Gasteiger partial charge is 0.269 e. The summed E-state index contributed by atoms with van der Waals surface area (Å²) in [4.78, 5) is 2.16. The molecule has 22 heavy (non-hydrogen) atoms. The van der Waals surface area contributed by atoms with Crippen molar-refractivity contribution in [3.8, 4) is 0 Å². The molecule has 0 aromatic heterocycles. The molecule has 4 unspecified atom stereocenters. The summed E-state index contributed by atoms with van der Waals surface area (Å²) in [5.74, 6) is 0. The van der Waals surface area contributed by atoms with Crippen LogP contribution >= 0.6 is 0 Å². The van der Waals surface area contributed by atoms with Gasteiger partial charge in [-0.1, -0.05) is 62.9 Å². The second-order valence-corrected chi connectivity index (χ2v) is 7.89. The van der Waals surface area contributed by atoms with Gasteiger partial charge in [0, 0.05) is 18.6 Å². The molecule has 0 amide bonds. The van der Waals surface area contributed by atoms with E-state index in [4.69, 9.17) is 0 Å². The number of hydrogen-bond donors (Lipinski definition) is 1. The molecule has 0 spiro atoms. The van der Waals surface area contributed by atoms with Crippen molar-refractivity contribution in [2.45, 2.75) is 63.3 Å². The Balaban J connectivity index is 1.96. The van der Waals surface area contributed by atoms with E-state index in [2.05, 4.69) is 30.9 Å². The summed E-state index contributed by atoms with van der Waals surface area (Å²) < 4.78 is 33.0. The van der Waals surface area contributed by atoms with E-state index in [-0.39, 0.29) is 12.1 Å². The van der Waals surface area contributed by atoms with Crippen molar-refractivity contribution in [1.29, 1.82) is 0 Å². The molecule has 1 aliphatic heterocycles. The third kappa shape index (κ3) is 4.54. The Labute approximate surface area is 134 Å². The number of hydrogen-bond acceptors (Lipinski definition) is 3. The van der Waals surface area contributed by atoms with Gasteiger partial charge in [-0.25, -0.2) is 0 Å². The van der Waals surface area contributed by atoms with Gasteiger partial charge in [-0.3, -0.25) is 9.45 Å². The Morgan fingerprint density at radius 3 is 2.50 bits per heavy atom. The van der Waals surface area contributed by atoms with Gasteiger partial charge in [0.1, 0.15) is 5.25 Å². The number of rotatable bonds is 9. The molecule has 0 radical (unpaired) electrons. The largest absolute Gasteiger partial charge is 0.289 e. The third-order valence-electron chi connectivity index (χ3n) is 4.62. The quantitative estimate of drug-likeness (QED) is 0.428. The van der Waals surface area contributed by atoms with Crippen LogP contribution in [-0.4, -0.2) is 35.7 Å². The zero-order valence-electron chi connectivity index (χ0n) is 13.5. The maximum absolute atomic E-state index is 11.7. The van der Waals surface area contributed by atoms with Gasteiger partial charge in [0.05, 0.1) is 0 Å². The minimum Gasteiger partial charge on any atom is -0.289 e. The van der Waals surface area contributed by atoms with Gasteiger partial charge < -0.3 is 0 Å². The zero-order chi connectivity index (χ0) is 16.2. The molecule has 1 N–H and O–H groups in total. The molecule has 0 aliphatic carbocycles. The lowest BCUT2D eigenvalue weighted by molar-refractivity contribution is 0.379. The molecule has 0 saturated carbocycles. The van der Waals surface area contributed by atoms with Crippen molar-refractivity contribution in [3.05, 3.63) is 35.9 Å². The predicted octanol–water partition coefficient (Wildman–Crippen LogP) is 3.66. The molecular formula is C17H27NO3S. The first kappa shape index (κ1) is 17.4. The third-order valence-corrected chi connectivity index (χ3v) is 5.94. The first-order chi connectivity index (χ1) is 10.4. The molecule has 1 fully saturated rings. The summed E-state index contributed by atoms with van der Waals surface area (Å²) in [6, 6.07) is 10.2. The Kier molecular flexibility index (Phi) is 6.01. The van der Waals surface area contributed by atoms with E-state index in [0.717, 1.165) is 32.2 Å². The Hall–Kier alpha value is -0.910. The predicted molar refractivity (Wildman–Crippen MR) is 89.4 cm³/mol. The maximum Gasteiger partial charge on any atom is 0.269 e. The highest BCUT2D eigenvalue weighted by Crippen LogP contribution is 2.37. The van der Waals surface area contributed by atoms with Gasteiger partial charge in [0.25, 0.3) is 10.1 Å². The molecule has 124 valence electrons. The molecule has 1 aliphatic rings. The average molecular weight is 325 g/mol. The Morgan fingerprint density at radius 1 is 1.23 bits per heavy atom. The highest BCUT2D eigenvalue weighted by Gasteiger charge is 2.48. The molecule has 4 atom stereocenters. The Bertz CT molecular complexity index is 559. The molecular weight excluding hydrogens is 298 g/mol. The zero-order valence-corrected chi connectivity index (χ0v) is 14.3. The summed E-state index contributed by atoms with van der Waals surface area (Å²) in [6.07, 6.45) is 4.69. The van der Waals surface area contributed by atoms with Gasteiger partial charge in [0.15, 0.2) is 0 Å². The van der Waals surface area contributed by atoms with Crippen molar-refractivity contribution in [2.75, 3.05) is 6.54 Å². The minimum absolute atomic E-state index is 0.0492. The first-order valence-corrected chi connectivity index (χ1v) is 9.72. The lowest BCUT2D eigenvalue weighted by Crippen LogP contribution is -2.29. The summed E-state index contributed by atoms with van der Waals surface area (Å²) >= 11 is 0. The van der Waals surface area contributed by atoms with Crippen LogP contribution < -0.4 is 0 Å². The monoisotopic (exact) mass is 325 g/mol. The second-order valence-electron chi connectivity index (χ2n) is 6.25. The fourth-order valence-corrected chi connectivity index (χ4v) is 4.28. The molecule has 1 aromatic rings. The molecule has 5 heteroatoms. The van der Waals surface area contributed by atoms with Crippen LogP contribution in [0, 0.1) is 0 Å². The molecule has 1 saturated heterocycles. The van der Waals surface area contributed by atoms with Crippen molar-refractivity contribution in [2.24, 2.45) is 0 Å². The van der Waals surface area contributed by atoms with Crippen molar-refractivity contribution in [1.82, 2.24) is 4.90 Å². The maximum atomic E-state index is 11.7. The van der Waals surface area contributed by atoms with Crippen LogP contribution in [-0.2, 0) is 10.1 Å². The van der Waals surface area contributed by atoms with E-state index < -0.39 is 15.4 Å². The second kappa shape index (κ2) is 7.57. The van der Waals surface area contributed by atoms with Crippen LogP contribution in [0.15, 0.2) is 30.3 Å². The van der Waals surface area contributed by atoms with Crippen LogP contribution in [0.25, 0.3) is 0 Å². The standard InChI is InChI=1S/C17H27NO3S/c1-3-4-5-9-12-17(22(19,20)21)16-13-18(16)14(2)15-10-7-6-8-11-15/h6-8,10-11,14,16-17H,3-5,9,12-13H2,1-2H3,(H,19,20,21). The van der Waals surface area contributed by atoms with E-state index >= 15 is 0 Å². The number of nitrogens with zero attached hydrogens (tertiary/aromatic N) is 1. The highest BCUT2D eigenvalue weighted by atomic mass is 32.2. The molecule has 4 nitrogen and oxygen atoms in total. The SMILES string of the molecule is CCCCCCC(C1CN1C(C)c1ccccc1)S(=O)(=O)O. The van der Waals surface area contributed by atoms with Gasteiger partial charge in [-0.15, -0.1) is 0 Å². The van der Waals surface area contributed by atoms with Gasteiger partial charge in [0.2, 0.25) is 0 Å². The first-order valence-electron chi connectivity index (χ1n) is 8.22. The fraction of sp³-hybridized carbons (Fsp3) is 0.647. The summed E-state index contributed by atoms with van der Waals surface area (Å²) in [7, 11) is -3.98. The topological polar surface area (TPSA) is 57.4 Å². The number of unbranched alkanes of at least 4 members (excludes halogenated alkanes) is 3. The lowest BCUT2D eigenvalue weighted by Gasteiger charge is -2.18. The van der Waals surface area contributed by atoms with Crippen LogP contribution in [0.3, 0.4) is 0 Å². The van der Waals surface area contributed by atoms with Crippen LogP contribution in [0.4, 0.5) is 0 Å². The molecule has 1 aromatic carbocycles. The van der Waals surface area contributed by atoms with Crippen LogP contribution in [0.2, 0.25) is 0 Å². The van der Waals surface area contributed by atoms with Crippen molar-refractivity contribution < 1.29 is 13.0 Å². The van der Waals surface area contributed by atoms with Crippen LogP contribution in [0.1, 0.15) is 57.6 Å². The van der Waals surface area contributed by atoms with E-state index in [0.29, 0.717) is 6.42 Å². The minimum atomic E-state index is -3.98. The van der Waals surface area contributed by atoms with Gasteiger partial charge in [-0.2, -0.15) is 8.42 Å². The van der Waals surface area contributed by atoms with Crippen LogP contribution in [0.5, 0.6) is 0 Å². The normalized spacial score (nSPS) is 24.0. The molecule has 0 bridgehead atoms. The van der Waals surface area contributed by atoms with E-state index in [1.807, 2.05) is 18.2 Å². The Morgan fingerprint density at radius 2 is 1.91 bits per heavy atom. The van der Waals surface area contributed by atoms with E-state index in [1.54, 1.807) is 0 Å². The fourth-order valence-electron chi connectivity index (χ4n) is 3.18. The van der Waals surface area contributed by atoms with E-state index in [1.165, 1.54) is 5.56 Å². The number of benzene rings is 1. The summed E-state index contributed by atoms with van der Waals surface area (Å²) in [6.45, 7) is 4.96. The van der Waals surface area contributed by atoms with Gasteiger partial charge in [-0.05, 0) is 18.9 Å². The highest BCUT2D eigenvalue weighted by molar-refractivity contribution is 7.86. The summed E-state index contributed by atoms with van der Waals surface area (Å²) in [5, 5.41) is -0.643. The van der Waals surface area contributed by atoms with Gasteiger partial charge >= 0.3 is 0 Å². The van der Waals surface area contributed by atoms with Crippen molar-refractivity contribution in [3.63, 3.8) is 0 Å². The summed E-state index contributed by atoms with van der Waals surface area (Å²) in [5.41, 5.74) is 1.19. The molecule has 1 heterocycles. The average Bonchev–Trinajstić information content (AvgIpc) is 3.26. The lowest BCUT2D eigenvalue weighted by atomic mass is 10.1.